The third-order valence-electron chi connectivity index (χ3n) is 2.75. The van der Waals surface area contributed by atoms with Gasteiger partial charge in [-0.2, -0.15) is 0 Å². The molecule has 0 unspecified atom stereocenters. The van der Waals surface area contributed by atoms with E-state index in [-0.39, 0.29) is 16.5 Å². The molecule has 1 aromatic carbocycles. The zero-order valence-electron chi connectivity index (χ0n) is 9.62. The van der Waals surface area contributed by atoms with Gasteiger partial charge in [-0.1, -0.05) is 23.7 Å². The normalized spacial score (nSPS) is 10.8. The summed E-state index contributed by atoms with van der Waals surface area (Å²) in [7, 11) is 0. The molecule has 0 fully saturated rings. The number of aromatic nitrogens is 3. The summed E-state index contributed by atoms with van der Waals surface area (Å²) in [6.45, 7) is 0. The highest BCUT2D eigenvalue weighted by molar-refractivity contribution is 6.29. The average molecular weight is 274 g/mol. The average Bonchev–Trinajstić information content (AvgIpc) is 2.82. The van der Waals surface area contributed by atoms with Gasteiger partial charge in [-0.3, -0.25) is 4.57 Å². The van der Waals surface area contributed by atoms with Crippen molar-refractivity contribution in [1.82, 2.24) is 14.5 Å². The molecular formula is C13H8ClN3O2. The molecule has 3 rings (SSSR count). The Bertz CT molecular complexity index is 782. The van der Waals surface area contributed by atoms with Gasteiger partial charge in [0.25, 0.3) is 0 Å². The van der Waals surface area contributed by atoms with Crippen LogP contribution in [0.2, 0.25) is 5.15 Å². The topological polar surface area (TPSA) is 68.0 Å². The molecule has 0 saturated carbocycles. The summed E-state index contributed by atoms with van der Waals surface area (Å²) in [5.41, 5.74) is 1.62. The number of hydrogen-bond acceptors (Lipinski definition) is 3. The second-order valence-electron chi connectivity index (χ2n) is 3.91. The SMILES string of the molecule is O=C(O)c1ccc(Cl)nc1-n1cnc2ccccc21. The van der Waals surface area contributed by atoms with E-state index in [0.717, 1.165) is 11.0 Å². The number of pyridine rings is 1. The van der Waals surface area contributed by atoms with Gasteiger partial charge in [0.15, 0.2) is 5.82 Å². The molecule has 0 aliphatic carbocycles. The molecule has 0 saturated heterocycles. The second kappa shape index (κ2) is 4.37. The van der Waals surface area contributed by atoms with Crippen LogP contribution in [0.15, 0.2) is 42.7 Å². The predicted molar refractivity (Wildman–Crippen MR) is 70.8 cm³/mol. The number of rotatable bonds is 2. The molecule has 1 N–H and O–H groups in total. The lowest BCUT2D eigenvalue weighted by Crippen LogP contribution is -2.07. The predicted octanol–water partition coefficient (Wildman–Crippen LogP) is 2.77. The zero-order valence-corrected chi connectivity index (χ0v) is 10.4. The van der Waals surface area contributed by atoms with Crippen LogP contribution in [0.3, 0.4) is 0 Å². The largest absolute Gasteiger partial charge is 0.478 e. The highest BCUT2D eigenvalue weighted by Crippen LogP contribution is 2.21. The number of carboxylic acids is 1. The molecule has 3 aromatic rings. The Labute approximate surface area is 113 Å². The van der Waals surface area contributed by atoms with Gasteiger partial charge >= 0.3 is 5.97 Å². The lowest BCUT2D eigenvalue weighted by molar-refractivity contribution is 0.0696. The number of hydrogen-bond donors (Lipinski definition) is 1. The quantitative estimate of drug-likeness (QED) is 0.729. The third-order valence-corrected chi connectivity index (χ3v) is 2.96. The summed E-state index contributed by atoms with van der Waals surface area (Å²) >= 11 is 5.85. The van der Waals surface area contributed by atoms with Gasteiger partial charge in [0.05, 0.1) is 11.0 Å². The lowest BCUT2D eigenvalue weighted by Gasteiger charge is -2.07. The van der Waals surface area contributed by atoms with E-state index in [2.05, 4.69) is 9.97 Å². The maximum Gasteiger partial charge on any atom is 0.339 e. The van der Waals surface area contributed by atoms with E-state index in [9.17, 15) is 9.90 Å². The van der Waals surface area contributed by atoms with Crippen molar-refractivity contribution in [1.29, 1.82) is 0 Å². The van der Waals surface area contributed by atoms with Crippen molar-refractivity contribution >= 4 is 28.6 Å². The first kappa shape index (κ1) is 11.7. The fourth-order valence-electron chi connectivity index (χ4n) is 1.90. The van der Waals surface area contributed by atoms with Crippen molar-refractivity contribution in [3.8, 4) is 5.82 Å². The van der Waals surface area contributed by atoms with Gasteiger partial charge in [0.2, 0.25) is 0 Å². The molecule has 0 aliphatic heterocycles. The van der Waals surface area contributed by atoms with Crippen LogP contribution in [-0.2, 0) is 0 Å². The first-order chi connectivity index (χ1) is 9.16. The van der Waals surface area contributed by atoms with Crippen LogP contribution >= 0.6 is 11.6 Å². The second-order valence-corrected chi connectivity index (χ2v) is 4.30. The number of benzene rings is 1. The Hall–Kier alpha value is -2.40. The van der Waals surface area contributed by atoms with Crippen molar-refractivity contribution in [3.05, 3.63) is 53.4 Å². The Kier molecular flexibility index (Phi) is 2.68. The minimum atomic E-state index is -1.06. The molecule has 0 atom stereocenters. The summed E-state index contributed by atoms with van der Waals surface area (Å²) in [4.78, 5) is 19.6. The number of imidazole rings is 1. The number of carbonyl (C=O) groups is 1. The van der Waals surface area contributed by atoms with Gasteiger partial charge in [-0.15, -0.1) is 0 Å². The van der Waals surface area contributed by atoms with Crippen LogP contribution in [0, 0.1) is 0 Å². The highest BCUT2D eigenvalue weighted by Gasteiger charge is 2.15. The molecule has 94 valence electrons. The summed E-state index contributed by atoms with van der Waals surface area (Å²) < 4.78 is 1.62. The molecule has 0 bridgehead atoms. The van der Waals surface area contributed by atoms with Gasteiger partial charge in [-0.25, -0.2) is 14.8 Å². The van der Waals surface area contributed by atoms with Crippen molar-refractivity contribution in [2.45, 2.75) is 0 Å². The van der Waals surface area contributed by atoms with Crippen LogP contribution in [0.5, 0.6) is 0 Å². The maximum atomic E-state index is 11.2. The van der Waals surface area contributed by atoms with Crippen molar-refractivity contribution in [3.63, 3.8) is 0 Å². The smallest absolute Gasteiger partial charge is 0.339 e. The number of fused-ring (bicyclic) bond motifs is 1. The molecule has 2 heterocycles. The standard InChI is InChI=1S/C13H8ClN3O2/c14-11-6-5-8(13(18)19)12(16-11)17-7-15-9-3-1-2-4-10(9)17/h1-7H,(H,18,19). The lowest BCUT2D eigenvalue weighted by atomic mass is 10.2. The molecule has 0 amide bonds. The highest BCUT2D eigenvalue weighted by atomic mass is 35.5. The summed E-state index contributed by atoms with van der Waals surface area (Å²) in [6.07, 6.45) is 1.54. The maximum absolute atomic E-state index is 11.2. The molecule has 19 heavy (non-hydrogen) atoms. The van der Waals surface area contributed by atoms with Crippen molar-refractivity contribution in [2.24, 2.45) is 0 Å². The summed E-state index contributed by atoms with van der Waals surface area (Å²) in [5, 5.41) is 9.44. The Morgan fingerprint density at radius 1 is 1.21 bits per heavy atom. The fourth-order valence-corrected chi connectivity index (χ4v) is 2.05. The summed E-state index contributed by atoms with van der Waals surface area (Å²) in [6, 6.07) is 10.3. The van der Waals surface area contributed by atoms with E-state index in [0.29, 0.717) is 0 Å². The van der Waals surface area contributed by atoms with Crippen LogP contribution in [0.1, 0.15) is 10.4 Å². The fraction of sp³-hybridized carbons (Fsp3) is 0. The number of aromatic carboxylic acids is 1. The first-order valence-corrected chi connectivity index (χ1v) is 5.87. The van der Waals surface area contributed by atoms with Crippen LogP contribution in [-0.4, -0.2) is 25.6 Å². The summed E-state index contributed by atoms with van der Waals surface area (Å²) in [5.74, 6) is -0.800. The van der Waals surface area contributed by atoms with Crippen LogP contribution < -0.4 is 0 Å². The Balaban J connectivity index is 2.32. The molecule has 6 heteroatoms. The molecule has 5 nitrogen and oxygen atoms in total. The van der Waals surface area contributed by atoms with E-state index in [1.54, 1.807) is 4.57 Å². The van der Waals surface area contributed by atoms with E-state index in [1.165, 1.54) is 18.5 Å². The molecule has 0 spiro atoms. The first-order valence-electron chi connectivity index (χ1n) is 5.49. The van der Waals surface area contributed by atoms with Gasteiger partial charge in [-0.05, 0) is 24.3 Å². The molecule has 0 radical (unpaired) electrons. The Morgan fingerprint density at radius 3 is 2.79 bits per heavy atom. The number of halogens is 1. The molecule has 2 aromatic heterocycles. The monoisotopic (exact) mass is 273 g/mol. The van der Waals surface area contributed by atoms with E-state index in [4.69, 9.17) is 11.6 Å². The van der Waals surface area contributed by atoms with E-state index < -0.39 is 5.97 Å². The Morgan fingerprint density at radius 2 is 2.00 bits per heavy atom. The zero-order chi connectivity index (χ0) is 13.4. The van der Waals surface area contributed by atoms with Crippen LogP contribution in [0.4, 0.5) is 0 Å². The van der Waals surface area contributed by atoms with Crippen molar-refractivity contribution in [2.75, 3.05) is 0 Å². The van der Waals surface area contributed by atoms with Gasteiger partial charge in [0, 0.05) is 0 Å². The van der Waals surface area contributed by atoms with E-state index >= 15 is 0 Å². The number of nitrogens with zero attached hydrogens (tertiary/aromatic N) is 3. The number of para-hydroxylation sites is 2. The van der Waals surface area contributed by atoms with Crippen LogP contribution in [0.25, 0.3) is 16.9 Å². The third kappa shape index (κ3) is 1.94. The van der Waals surface area contributed by atoms with Gasteiger partial charge in [0.1, 0.15) is 17.0 Å². The van der Waals surface area contributed by atoms with Gasteiger partial charge < -0.3 is 5.11 Å². The van der Waals surface area contributed by atoms with Crippen molar-refractivity contribution < 1.29 is 9.90 Å². The van der Waals surface area contributed by atoms with E-state index in [1.807, 2.05) is 24.3 Å². The molecule has 0 aliphatic rings. The minimum absolute atomic E-state index is 0.0764. The number of carboxylic acid groups (broad SMARTS) is 1. The minimum Gasteiger partial charge on any atom is -0.478 e. The molecular weight excluding hydrogens is 266 g/mol.